The van der Waals surface area contributed by atoms with Crippen LogP contribution in [0.25, 0.3) is 0 Å². The molecule has 2 aromatic rings. The summed E-state index contributed by atoms with van der Waals surface area (Å²) in [6, 6.07) is 14.2. The Kier molecular flexibility index (Phi) is 4.37. The molecule has 0 heterocycles. The molecule has 3 rings (SSSR count). The summed E-state index contributed by atoms with van der Waals surface area (Å²) in [6.45, 7) is 6.74. The van der Waals surface area contributed by atoms with Crippen molar-refractivity contribution >= 4 is 5.91 Å². The molecule has 0 unspecified atom stereocenters. The zero-order valence-corrected chi connectivity index (χ0v) is 13.9. The minimum absolute atomic E-state index is 0.0153. The van der Waals surface area contributed by atoms with Crippen LogP contribution in [0.2, 0.25) is 0 Å². The van der Waals surface area contributed by atoms with E-state index in [-0.39, 0.29) is 11.9 Å². The predicted octanol–water partition coefficient (Wildman–Crippen LogP) is 3.99. The van der Waals surface area contributed by atoms with Gasteiger partial charge in [-0.2, -0.15) is 0 Å². The first-order chi connectivity index (χ1) is 11.1. The summed E-state index contributed by atoms with van der Waals surface area (Å²) in [5.41, 5.74) is 4.33. The highest BCUT2D eigenvalue weighted by atomic mass is 16.5. The molecule has 2 atom stereocenters. The third-order valence-electron chi connectivity index (χ3n) is 4.47. The number of aryl methyl sites for hydroxylation is 2. The summed E-state index contributed by atoms with van der Waals surface area (Å²) < 4.78 is 5.55. The molecule has 3 nitrogen and oxygen atoms in total. The van der Waals surface area contributed by atoms with Crippen molar-refractivity contribution in [3.8, 4) is 5.75 Å². The van der Waals surface area contributed by atoms with E-state index >= 15 is 0 Å². The molecule has 0 radical (unpaired) electrons. The number of ether oxygens (including phenoxy) is 1. The zero-order valence-electron chi connectivity index (χ0n) is 13.9. The number of hydrogen-bond donors (Lipinski definition) is 1. The fourth-order valence-corrected chi connectivity index (χ4v) is 2.86. The summed E-state index contributed by atoms with van der Waals surface area (Å²) in [7, 11) is 0. The van der Waals surface area contributed by atoms with Crippen molar-refractivity contribution in [2.45, 2.75) is 39.2 Å². The zero-order chi connectivity index (χ0) is 16.4. The van der Waals surface area contributed by atoms with Gasteiger partial charge in [-0.25, -0.2) is 0 Å². The summed E-state index contributed by atoms with van der Waals surface area (Å²) in [5.74, 6) is 1.31. The van der Waals surface area contributed by atoms with Crippen LogP contribution in [0.4, 0.5) is 0 Å². The lowest BCUT2D eigenvalue weighted by molar-refractivity contribution is 0.0950. The average molecular weight is 309 g/mol. The molecule has 1 aliphatic carbocycles. The lowest BCUT2D eigenvalue weighted by Gasteiger charge is -2.08. The lowest BCUT2D eigenvalue weighted by atomic mass is 10.1. The summed E-state index contributed by atoms with van der Waals surface area (Å²) in [4.78, 5) is 12.4. The van der Waals surface area contributed by atoms with E-state index in [2.05, 4.69) is 24.4 Å². The highest BCUT2D eigenvalue weighted by molar-refractivity contribution is 5.95. The molecule has 0 aliphatic heterocycles. The van der Waals surface area contributed by atoms with E-state index < -0.39 is 0 Å². The monoisotopic (exact) mass is 309 g/mol. The molecule has 120 valence electrons. The Balaban J connectivity index is 1.63. The van der Waals surface area contributed by atoms with Crippen LogP contribution >= 0.6 is 0 Å². The van der Waals surface area contributed by atoms with Gasteiger partial charge < -0.3 is 10.1 Å². The van der Waals surface area contributed by atoms with Crippen molar-refractivity contribution in [1.29, 1.82) is 0 Å². The van der Waals surface area contributed by atoms with Crippen molar-refractivity contribution in [2.24, 2.45) is 0 Å². The first-order valence-electron chi connectivity index (χ1n) is 8.19. The average Bonchev–Trinajstić information content (AvgIpc) is 3.30. The number of amides is 1. The Morgan fingerprint density at radius 2 is 2.00 bits per heavy atom. The molecular weight excluding hydrogens is 286 g/mol. The van der Waals surface area contributed by atoms with E-state index in [9.17, 15) is 4.79 Å². The van der Waals surface area contributed by atoms with Gasteiger partial charge in [0.05, 0.1) is 6.61 Å². The molecule has 1 fully saturated rings. The quantitative estimate of drug-likeness (QED) is 0.907. The molecule has 1 saturated carbocycles. The lowest BCUT2D eigenvalue weighted by Crippen LogP contribution is -2.26. The van der Waals surface area contributed by atoms with Gasteiger partial charge in [0.15, 0.2) is 0 Å². The van der Waals surface area contributed by atoms with Gasteiger partial charge in [0, 0.05) is 17.5 Å². The van der Waals surface area contributed by atoms with Gasteiger partial charge in [-0.3, -0.25) is 4.79 Å². The van der Waals surface area contributed by atoms with Crippen LogP contribution in [-0.2, 0) is 0 Å². The summed E-state index contributed by atoms with van der Waals surface area (Å²) in [6.07, 6.45) is 0.992. The highest BCUT2D eigenvalue weighted by Gasteiger charge is 2.39. The molecule has 3 heteroatoms. The SMILES string of the molecule is CCOc1cccc([C@@H]2C[C@@H]2NC(=O)c2ccc(C)c(C)c2)c1. The van der Waals surface area contributed by atoms with Gasteiger partial charge in [0.25, 0.3) is 5.91 Å². The number of benzene rings is 2. The maximum atomic E-state index is 12.4. The van der Waals surface area contributed by atoms with Crippen LogP contribution in [-0.4, -0.2) is 18.6 Å². The molecule has 1 N–H and O–H groups in total. The predicted molar refractivity (Wildman–Crippen MR) is 92.1 cm³/mol. The normalized spacial score (nSPS) is 19.3. The van der Waals surface area contributed by atoms with Crippen molar-refractivity contribution in [3.05, 3.63) is 64.7 Å². The highest BCUT2D eigenvalue weighted by Crippen LogP contribution is 2.41. The topological polar surface area (TPSA) is 38.3 Å². The second kappa shape index (κ2) is 6.45. The minimum atomic E-state index is 0.0153. The third kappa shape index (κ3) is 3.55. The number of carbonyl (C=O) groups excluding carboxylic acids is 1. The summed E-state index contributed by atoms with van der Waals surface area (Å²) in [5, 5.41) is 3.14. The maximum Gasteiger partial charge on any atom is 0.251 e. The fraction of sp³-hybridized carbons (Fsp3) is 0.350. The van der Waals surface area contributed by atoms with E-state index in [0.717, 1.165) is 23.3 Å². The molecule has 0 bridgehead atoms. The Hall–Kier alpha value is -2.29. The van der Waals surface area contributed by atoms with Crippen LogP contribution in [0.5, 0.6) is 5.75 Å². The molecule has 0 saturated heterocycles. The van der Waals surface area contributed by atoms with Crippen molar-refractivity contribution in [1.82, 2.24) is 5.32 Å². The second-order valence-electron chi connectivity index (χ2n) is 6.23. The number of rotatable bonds is 5. The van der Waals surface area contributed by atoms with Crippen LogP contribution in [0, 0.1) is 13.8 Å². The number of nitrogens with one attached hydrogen (secondary N) is 1. The molecule has 0 aromatic heterocycles. The van der Waals surface area contributed by atoms with E-state index in [1.54, 1.807) is 0 Å². The van der Waals surface area contributed by atoms with Crippen molar-refractivity contribution in [2.75, 3.05) is 6.61 Å². The van der Waals surface area contributed by atoms with Crippen LogP contribution in [0.3, 0.4) is 0 Å². The minimum Gasteiger partial charge on any atom is -0.494 e. The van der Waals surface area contributed by atoms with Gasteiger partial charge in [-0.15, -0.1) is 0 Å². The first kappa shape index (κ1) is 15.6. The van der Waals surface area contributed by atoms with Crippen LogP contribution < -0.4 is 10.1 Å². The largest absolute Gasteiger partial charge is 0.494 e. The van der Waals surface area contributed by atoms with Crippen LogP contribution in [0.1, 0.15) is 46.3 Å². The van der Waals surface area contributed by atoms with E-state index in [0.29, 0.717) is 12.5 Å². The van der Waals surface area contributed by atoms with Crippen molar-refractivity contribution < 1.29 is 9.53 Å². The van der Waals surface area contributed by atoms with Crippen LogP contribution in [0.15, 0.2) is 42.5 Å². The van der Waals surface area contributed by atoms with Gasteiger partial charge >= 0.3 is 0 Å². The molecule has 1 amide bonds. The van der Waals surface area contributed by atoms with Gasteiger partial charge in [-0.05, 0) is 68.1 Å². The van der Waals surface area contributed by atoms with Crippen molar-refractivity contribution in [3.63, 3.8) is 0 Å². The molecular formula is C20H23NO2. The standard InChI is InChI=1S/C20H23NO2/c1-4-23-17-7-5-6-15(11-17)18-12-19(18)21-20(22)16-9-8-13(2)14(3)10-16/h5-11,18-19H,4,12H2,1-3H3,(H,21,22)/t18-,19-/m0/s1. The van der Waals surface area contributed by atoms with Gasteiger partial charge in [-0.1, -0.05) is 18.2 Å². The molecule has 2 aromatic carbocycles. The number of carbonyl (C=O) groups is 1. The second-order valence-corrected chi connectivity index (χ2v) is 6.23. The summed E-state index contributed by atoms with van der Waals surface area (Å²) >= 11 is 0. The van der Waals surface area contributed by atoms with E-state index in [4.69, 9.17) is 4.74 Å². The fourth-order valence-electron chi connectivity index (χ4n) is 2.86. The van der Waals surface area contributed by atoms with E-state index in [1.807, 2.05) is 44.2 Å². The smallest absolute Gasteiger partial charge is 0.251 e. The Labute approximate surface area is 137 Å². The van der Waals surface area contributed by atoms with Gasteiger partial charge in [0.2, 0.25) is 0 Å². The first-order valence-corrected chi connectivity index (χ1v) is 8.19. The molecule has 0 spiro atoms. The molecule has 1 aliphatic rings. The van der Waals surface area contributed by atoms with Gasteiger partial charge in [0.1, 0.15) is 5.75 Å². The Morgan fingerprint density at radius 3 is 2.74 bits per heavy atom. The Bertz CT molecular complexity index is 723. The van der Waals surface area contributed by atoms with E-state index in [1.165, 1.54) is 11.1 Å². The molecule has 23 heavy (non-hydrogen) atoms. The number of hydrogen-bond acceptors (Lipinski definition) is 2. The maximum absolute atomic E-state index is 12.4. The Morgan fingerprint density at radius 1 is 1.17 bits per heavy atom. The third-order valence-corrected chi connectivity index (χ3v) is 4.47.